The predicted octanol–water partition coefficient (Wildman–Crippen LogP) is 4.92. The number of rotatable bonds is 4. The normalized spacial score (nSPS) is 25.9. The molecular formula is C15H28OSi. The highest BCUT2D eigenvalue weighted by atomic mass is 28.4. The van der Waals surface area contributed by atoms with Gasteiger partial charge in [0.2, 0.25) is 0 Å². The number of allylic oxidation sites excluding steroid dienone is 2. The molecule has 0 radical (unpaired) electrons. The topological polar surface area (TPSA) is 9.23 Å². The zero-order chi connectivity index (χ0) is 13.1. The largest absolute Gasteiger partial charge is 0.413 e. The fourth-order valence-corrected chi connectivity index (χ4v) is 3.41. The van der Waals surface area contributed by atoms with Gasteiger partial charge < -0.3 is 4.43 Å². The fraction of sp³-hybridized carbons (Fsp3) is 0.733. The van der Waals surface area contributed by atoms with Crippen LogP contribution in [0.2, 0.25) is 18.1 Å². The van der Waals surface area contributed by atoms with Crippen LogP contribution in [0.1, 0.15) is 40.0 Å². The van der Waals surface area contributed by atoms with E-state index in [0.717, 1.165) is 19.3 Å². The molecule has 0 aromatic rings. The van der Waals surface area contributed by atoms with Crippen LogP contribution in [0, 0.1) is 5.92 Å². The third kappa shape index (κ3) is 3.82. The SMILES string of the molecule is C=CC[C@H]1CC=CC[C@@H]1O[Si](C)(C)C(C)(C)C. The van der Waals surface area contributed by atoms with Gasteiger partial charge in [-0.05, 0) is 43.3 Å². The highest BCUT2D eigenvalue weighted by molar-refractivity contribution is 6.74. The Labute approximate surface area is 108 Å². The lowest BCUT2D eigenvalue weighted by molar-refractivity contribution is 0.116. The van der Waals surface area contributed by atoms with Crippen molar-refractivity contribution in [2.75, 3.05) is 0 Å². The van der Waals surface area contributed by atoms with Crippen LogP contribution < -0.4 is 0 Å². The van der Waals surface area contributed by atoms with E-state index < -0.39 is 8.32 Å². The van der Waals surface area contributed by atoms with Gasteiger partial charge in [0.25, 0.3) is 0 Å². The van der Waals surface area contributed by atoms with Crippen molar-refractivity contribution < 1.29 is 4.43 Å². The van der Waals surface area contributed by atoms with Crippen LogP contribution in [-0.2, 0) is 4.43 Å². The van der Waals surface area contributed by atoms with Crippen LogP contribution in [0.3, 0.4) is 0 Å². The average molecular weight is 252 g/mol. The third-order valence-electron chi connectivity index (χ3n) is 4.22. The summed E-state index contributed by atoms with van der Waals surface area (Å²) < 4.78 is 6.55. The molecule has 0 saturated heterocycles. The first kappa shape index (κ1) is 14.7. The Kier molecular flexibility index (Phi) is 4.79. The van der Waals surface area contributed by atoms with Gasteiger partial charge in [-0.2, -0.15) is 0 Å². The van der Waals surface area contributed by atoms with Crippen molar-refractivity contribution in [1.82, 2.24) is 0 Å². The van der Waals surface area contributed by atoms with Crippen LogP contribution in [0.25, 0.3) is 0 Å². The van der Waals surface area contributed by atoms with Gasteiger partial charge in [-0.1, -0.05) is 39.0 Å². The zero-order valence-electron chi connectivity index (χ0n) is 12.1. The molecule has 1 nitrogen and oxygen atoms in total. The van der Waals surface area contributed by atoms with E-state index in [1.165, 1.54) is 0 Å². The van der Waals surface area contributed by atoms with E-state index >= 15 is 0 Å². The molecule has 0 N–H and O–H groups in total. The molecule has 2 atom stereocenters. The summed E-state index contributed by atoms with van der Waals surface area (Å²) in [5, 5.41) is 0.299. The summed E-state index contributed by atoms with van der Waals surface area (Å²) in [5.74, 6) is 0.631. The van der Waals surface area contributed by atoms with Gasteiger partial charge in [-0.3, -0.25) is 0 Å². The molecule has 0 aromatic heterocycles. The summed E-state index contributed by atoms with van der Waals surface area (Å²) in [6, 6.07) is 0. The van der Waals surface area contributed by atoms with Crippen LogP contribution in [0.5, 0.6) is 0 Å². The second-order valence-electron chi connectivity index (χ2n) is 6.64. The first-order chi connectivity index (χ1) is 7.78. The molecule has 0 amide bonds. The van der Waals surface area contributed by atoms with E-state index in [2.05, 4.69) is 52.6 Å². The Morgan fingerprint density at radius 3 is 2.41 bits per heavy atom. The maximum Gasteiger partial charge on any atom is 0.192 e. The second-order valence-corrected chi connectivity index (χ2v) is 11.4. The van der Waals surface area contributed by atoms with E-state index in [1.54, 1.807) is 0 Å². The van der Waals surface area contributed by atoms with Crippen molar-refractivity contribution in [2.45, 2.75) is 64.3 Å². The molecule has 98 valence electrons. The molecule has 0 spiro atoms. The van der Waals surface area contributed by atoms with Gasteiger partial charge >= 0.3 is 0 Å². The smallest absolute Gasteiger partial charge is 0.192 e. The van der Waals surface area contributed by atoms with Crippen LogP contribution in [-0.4, -0.2) is 14.4 Å². The quantitative estimate of drug-likeness (QED) is 0.510. The molecule has 2 heteroatoms. The number of hydrogen-bond acceptors (Lipinski definition) is 1. The van der Waals surface area contributed by atoms with Crippen LogP contribution in [0.15, 0.2) is 24.8 Å². The molecule has 0 fully saturated rings. The monoisotopic (exact) mass is 252 g/mol. The Morgan fingerprint density at radius 2 is 1.88 bits per heavy atom. The van der Waals surface area contributed by atoms with Crippen LogP contribution >= 0.6 is 0 Å². The van der Waals surface area contributed by atoms with E-state index in [9.17, 15) is 0 Å². The summed E-state index contributed by atoms with van der Waals surface area (Å²) in [7, 11) is -1.63. The molecule has 0 unspecified atom stereocenters. The Balaban J connectivity index is 2.71. The lowest BCUT2D eigenvalue weighted by Crippen LogP contribution is -2.46. The van der Waals surface area contributed by atoms with E-state index in [1.807, 2.05) is 6.08 Å². The van der Waals surface area contributed by atoms with Crippen molar-refractivity contribution in [2.24, 2.45) is 5.92 Å². The molecule has 1 rings (SSSR count). The van der Waals surface area contributed by atoms with Gasteiger partial charge in [-0.25, -0.2) is 0 Å². The molecule has 0 aliphatic heterocycles. The van der Waals surface area contributed by atoms with Crippen molar-refractivity contribution in [3.63, 3.8) is 0 Å². The average Bonchev–Trinajstić information content (AvgIpc) is 2.19. The Bertz CT molecular complexity index is 286. The maximum absolute atomic E-state index is 6.55. The molecule has 0 saturated carbocycles. The lowest BCUT2D eigenvalue weighted by atomic mass is 9.89. The second kappa shape index (κ2) is 5.53. The zero-order valence-corrected chi connectivity index (χ0v) is 13.1. The van der Waals surface area contributed by atoms with Gasteiger partial charge in [-0.15, -0.1) is 6.58 Å². The summed E-state index contributed by atoms with van der Waals surface area (Å²) in [6.45, 7) is 15.5. The molecule has 1 aliphatic rings. The van der Waals surface area contributed by atoms with Gasteiger partial charge in [0.1, 0.15) is 0 Å². The van der Waals surface area contributed by atoms with Gasteiger partial charge in [0, 0.05) is 0 Å². The minimum absolute atomic E-state index is 0.299. The first-order valence-electron chi connectivity index (χ1n) is 6.71. The van der Waals surface area contributed by atoms with E-state index in [-0.39, 0.29) is 0 Å². The minimum Gasteiger partial charge on any atom is -0.413 e. The first-order valence-corrected chi connectivity index (χ1v) is 9.62. The highest BCUT2D eigenvalue weighted by Gasteiger charge is 2.40. The molecule has 0 heterocycles. The highest BCUT2D eigenvalue weighted by Crippen LogP contribution is 2.39. The van der Waals surface area contributed by atoms with Crippen LogP contribution in [0.4, 0.5) is 0 Å². The molecule has 0 bridgehead atoms. The lowest BCUT2D eigenvalue weighted by Gasteiger charge is -2.42. The maximum atomic E-state index is 6.55. The minimum atomic E-state index is -1.63. The van der Waals surface area contributed by atoms with Gasteiger partial charge in [0.05, 0.1) is 6.10 Å². The molecule has 17 heavy (non-hydrogen) atoms. The summed E-state index contributed by atoms with van der Waals surface area (Å²) in [5.41, 5.74) is 0. The van der Waals surface area contributed by atoms with Crippen molar-refractivity contribution in [1.29, 1.82) is 0 Å². The van der Waals surface area contributed by atoms with Crippen molar-refractivity contribution in [3.05, 3.63) is 24.8 Å². The summed E-state index contributed by atoms with van der Waals surface area (Å²) >= 11 is 0. The molecule has 1 aliphatic carbocycles. The Morgan fingerprint density at radius 1 is 1.29 bits per heavy atom. The van der Waals surface area contributed by atoms with Crippen molar-refractivity contribution in [3.8, 4) is 0 Å². The summed E-state index contributed by atoms with van der Waals surface area (Å²) in [6.07, 6.45) is 10.3. The van der Waals surface area contributed by atoms with Crippen molar-refractivity contribution >= 4 is 8.32 Å². The molecule has 0 aromatic carbocycles. The fourth-order valence-electron chi connectivity index (χ4n) is 2.01. The molecular weight excluding hydrogens is 224 g/mol. The third-order valence-corrected chi connectivity index (χ3v) is 8.73. The van der Waals surface area contributed by atoms with Gasteiger partial charge in [0.15, 0.2) is 8.32 Å². The summed E-state index contributed by atoms with van der Waals surface area (Å²) in [4.78, 5) is 0. The predicted molar refractivity (Wildman–Crippen MR) is 78.7 cm³/mol. The van der Waals surface area contributed by atoms with E-state index in [4.69, 9.17) is 4.43 Å². The van der Waals surface area contributed by atoms with E-state index in [0.29, 0.717) is 17.1 Å². The standard InChI is InChI=1S/C15H28OSi/c1-7-10-13-11-8-9-12-14(13)16-17(5,6)15(2,3)4/h7-9,13-14H,1,10-12H2,2-6H3/t13-,14-/m0/s1. The number of hydrogen-bond donors (Lipinski definition) is 0. The Hall–Kier alpha value is -0.343.